The summed E-state index contributed by atoms with van der Waals surface area (Å²) >= 11 is 0. The number of pyridine rings is 1. The third-order valence-electron chi connectivity index (χ3n) is 4.36. The first-order valence-electron chi connectivity index (χ1n) is 7.45. The van der Waals surface area contributed by atoms with Crippen LogP contribution < -0.4 is 5.32 Å². The second-order valence-electron chi connectivity index (χ2n) is 5.62. The van der Waals surface area contributed by atoms with Gasteiger partial charge >= 0.3 is 0 Å². The molecular formula is C15H22N4O. The van der Waals surface area contributed by atoms with Crippen LogP contribution in [0.1, 0.15) is 29.8 Å². The maximum absolute atomic E-state index is 12.6. The van der Waals surface area contributed by atoms with E-state index in [9.17, 15) is 4.79 Å². The third kappa shape index (κ3) is 2.63. The Labute approximate surface area is 120 Å². The summed E-state index contributed by atoms with van der Waals surface area (Å²) in [5, 5.41) is 3.06. The lowest BCUT2D eigenvalue weighted by Gasteiger charge is -2.25. The number of anilines is 1. The number of hydrogen-bond acceptors (Lipinski definition) is 4. The van der Waals surface area contributed by atoms with Crippen molar-refractivity contribution in [2.24, 2.45) is 0 Å². The topological polar surface area (TPSA) is 48.5 Å². The minimum Gasteiger partial charge on any atom is -0.388 e. The molecule has 2 aliphatic rings. The Morgan fingerprint density at radius 3 is 3.05 bits per heavy atom. The molecule has 1 aromatic rings. The van der Waals surface area contributed by atoms with Gasteiger partial charge in [0, 0.05) is 44.6 Å². The molecule has 1 unspecified atom stereocenters. The maximum Gasteiger partial charge on any atom is 0.272 e. The number of carbonyl (C=O) groups excluding carboxylic acids is 1. The molecule has 2 aliphatic heterocycles. The number of fused-ring (bicyclic) bond motifs is 1. The van der Waals surface area contributed by atoms with Gasteiger partial charge in [-0.05, 0) is 37.9 Å². The van der Waals surface area contributed by atoms with E-state index in [4.69, 9.17) is 0 Å². The van der Waals surface area contributed by atoms with Crippen molar-refractivity contribution in [1.29, 1.82) is 0 Å². The van der Waals surface area contributed by atoms with Crippen LogP contribution in [0.4, 0.5) is 5.69 Å². The van der Waals surface area contributed by atoms with Crippen molar-refractivity contribution in [3.05, 3.63) is 24.0 Å². The van der Waals surface area contributed by atoms with Crippen molar-refractivity contribution >= 4 is 11.6 Å². The Balaban J connectivity index is 1.75. The van der Waals surface area contributed by atoms with Gasteiger partial charge in [-0.15, -0.1) is 0 Å². The number of hydrogen-bond donors (Lipinski definition) is 1. The number of aromatic nitrogens is 1. The zero-order valence-corrected chi connectivity index (χ0v) is 12.0. The second-order valence-corrected chi connectivity index (χ2v) is 5.62. The van der Waals surface area contributed by atoms with Crippen molar-refractivity contribution < 1.29 is 4.79 Å². The quantitative estimate of drug-likeness (QED) is 0.886. The van der Waals surface area contributed by atoms with Crippen molar-refractivity contribution in [3.8, 4) is 0 Å². The van der Waals surface area contributed by atoms with Gasteiger partial charge in [0.25, 0.3) is 5.91 Å². The van der Waals surface area contributed by atoms with Gasteiger partial charge in [-0.2, -0.15) is 0 Å². The van der Waals surface area contributed by atoms with Crippen LogP contribution in [0.5, 0.6) is 0 Å². The van der Waals surface area contributed by atoms with Gasteiger partial charge < -0.3 is 10.2 Å². The van der Waals surface area contributed by atoms with Crippen LogP contribution >= 0.6 is 0 Å². The van der Waals surface area contributed by atoms with Crippen LogP contribution in [0.25, 0.3) is 0 Å². The minimum absolute atomic E-state index is 0.0656. The average molecular weight is 274 g/mol. The zero-order valence-electron chi connectivity index (χ0n) is 12.0. The predicted molar refractivity (Wildman–Crippen MR) is 78.9 cm³/mol. The lowest BCUT2D eigenvalue weighted by Crippen LogP contribution is -2.39. The summed E-state index contributed by atoms with van der Waals surface area (Å²) in [5.41, 5.74) is 1.48. The van der Waals surface area contributed by atoms with Gasteiger partial charge in [-0.1, -0.05) is 0 Å². The van der Waals surface area contributed by atoms with E-state index in [-0.39, 0.29) is 5.91 Å². The monoisotopic (exact) mass is 274 g/mol. The molecule has 1 aromatic heterocycles. The van der Waals surface area contributed by atoms with Gasteiger partial charge in [-0.3, -0.25) is 14.7 Å². The Kier molecular flexibility index (Phi) is 3.87. The number of nitrogens with one attached hydrogen (secondary N) is 1. The molecular weight excluding hydrogens is 252 g/mol. The highest BCUT2D eigenvalue weighted by molar-refractivity contribution is 5.93. The largest absolute Gasteiger partial charge is 0.388 e. The molecule has 0 saturated carbocycles. The van der Waals surface area contributed by atoms with Gasteiger partial charge in [0.2, 0.25) is 0 Å². The summed E-state index contributed by atoms with van der Waals surface area (Å²) < 4.78 is 0. The Morgan fingerprint density at radius 1 is 1.35 bits per heavy atom. The first-order valence-corrected chi connectivity index (χ1v) is 7.45. The van der Waals surface area contributed by atoms with Gasteiger partial charge in [0.1, 0.15) is 5.69 Å². The molecule has 0 aromatic carbocycles. The molecule has 3 rings (SSSR count). The fourth-order valence-corrected chi connectivity index (χ4v) is 3.26. The smallest absolute Gasteiger partial charge is 0.272 e. The maximum atomic E-state index is 12.6. The Morgan fingerprint density at radius 2 is 2.20 bits per heavy atom. The molecule has 0 bridgehead atoms. The fraction of sp³-hybridized carbons (Fsp3) is 0.600. The van der Waals surface area contributed by atoms with Crippen LogP contribution in [0.15, 0.2) is 18.3 Å². The second kappa shape index (κ2) is 5.79. The number of nitrogens with zero attached hydrogens (tertiary/aromatic N) is 3. The van der Waals surface area contributed by atoms with Crippen LogP contribution in [0, 0.1) is 0 Å². The molecule has 108 valence electrons. The molecule has 1 atom stereocenters. The lowest BCUT2D eigenvalue weighted by molar-refractivity contribution is 0.0737. The first-order chi connectivity index (χ1) is 9.78. The van der Waals surface area contributed by atoms with Crippen LogP contribution in [0.2, 0.25) is 0 Å². The van der Waals surface area contributed by atoms with Gasteiger partial charge in [0.05, 0.1) is 0 Å². The number of carbonyl (C=O) groups is 1. The van der Waals surface area contributed by atoms with Gasteiger partial charge in [0.15, 0.2) is 0 Å². The highest BCUT2D eigenvalue weighted by Crippen LogP contribution is 2.22. The molecule has 3 heterocycles. The van der Waals surface area contributed by atoms with Crippen molar-refractivity contribution in [2.75, 3.05) is 38.5 Å². The van der Waals surface area contributed by atoms with E-state index in [2.05, 4.69) is 15.2 Å². The minimum atomic E-state index is 0.0656. The van der Waals surface area contributed by atoms with E-state index >= 15 is 0 Å². The third-order valence-corrected chi connectivity index (χ3v) is 4.36. The fourth-order valence-electron chi connectivity index (χ4n) is 3.26. The molecule has 5 heteroatoms. The molecule has 20 heavy (non-hydrogen) atoms. The van der Waals surface area contributed by atoms with Gasteiger partial charge in [-0.25, -0.2) is 0 Å². The number of amides is 1. The first kappa shape index (κ1) is 13.4. The Hall–Kier alpha value is -1.62. The highest BCUT2D eigenvalue weighted by atomic mass is 16.2. The molecule has 5 nitrogen and oxygen atoms in total. The summed E-state index contributed by atoms with van der Waals surface area (Å²) in [6, 6.07) is 4.26. The van der Waals surface area contributed by atoms with Crippen LogP contribution in [-0.2, 0) is 0 Å². The average Bonchev–Trinajstić information content (AvgIpc) is 2.83. The summed E-state index contributed by atoms with van der Waals surface area (Å²) in [6.45, 7) is 4.01. The SMILES string of the molecule is CNc1ccnc(C(=O)N2CCCN3CCCC3C2)c1. The summed E-state index contributed by atoms with van der Waals surface area (Å²) in [4.78, 5) is 21.4. The molecule has 1 N–H and O–H groups in total. The number of rotatable bonds is 2. The molecule has 2 fully saturated rings. The Bertz CT molecular complexity index is 491. The summed E-state index contributed by atoms with van der Waals surface area (Å²) in [5.74, 6) is 0.0656. The van der Waals surface area contributed by atoms with Crippen molar-refractivity contribution in [2.45, 2.75) is 25.3 Å². The molecule has 0 spiro atoms. The summed E-state index contributed by atoms with van der Waals surface area (Å²) in [7, 11) is 1.85. The van der Waals surface area contributed by atoms with Crippen LogP contribution in [-0.4, -0.2) is 60.0 Å². The van der Waals surface area contributed by atoms with E-state index in [1.54, 1.807) is 6.20 Å². The van der Waals surface area contributed by atoms with E-state index in [1.807, 2.05) is 24.1 Å². The molecule has 2 saturated heterocycles. The summed E-state index contributed by atoms with van der Waals surface area (Å²) in [6.07, 6.45) is 5.24. The molecule has 0 radical (unpaired) electrons. The standard InChI is InChI=1S/C15H22N4O/c1-16-12-5-6-17-14(10-12)15(20)19-9-3-8-18-7-2-4-13(18)11-19/h5-6,10,13H,2-4,7-9,11H2,1H3,(H,16,17). The van der Waals surface area contributed by atoms with E-state index < -0.39 is 0 Å². The van der Waals surface area contributed by atoms with Crippen LogP contribution in [0.3, 0.4) is 0 Å². The van der Waals surface area contributed by atoms with Crippen molar-refractivity contribution in [1.82, 2.24) is 14.8 Å². The van der Waals surface area contributed by atoms with E-state index in [1.165, 1.54) is 19.4 Å². The van der Waals surface area contributed by atoms with E-state index in [0.717, 1.165) is 31.7 Å². The van der Waals surface area contributed by atoms with Crippen molar-refractivity contribution in [3.63, 3.8) is 0 Å². The highest BCUT2D eigenvalue weighted by Gasteiger charge is 2.31. The zero-order chi connectivity index (χ0) is 13.9. The normalized spacial score (nSPS) is 23.2. The van der Waals surface area contributed by atoms with E-state index in [0.29, 0.717) is 11.7 Å². The predicted octanol–water partition coefficient (Wildman–Crippen LogP) is 1.43. The molecule has 1 amide bonds. The lowest BCUT2D eigenvalue weighted by atomic mass is 10.2. The molecule has 0 aliphatic carbocycles.